The van der Waals surface area contributed by atoms with E-state index in [-0.39, 0.29) is 6.03 Å². The largest absolute Gasteiger partial charge is 0.323 e. The molecule has 1 N–H and O–H groups in total. The fourth-order valence-corrected chi connectivity index (χ4v) is 3.97. The normalized spacial score (nSPS) is 18.2. The molecule has 3 heterocycles. The summed E-state index contributed by atoms with van der Waals surface area (Å²) >= 11 is 0. The first-order valence-electron chi connectivity index (χ1n) is 10.7. The van der Waals surface area contributed by atoms with Crippen LogP contribution in [0.2, 0.25) is 0 Å². The van der Waals surface area contributed by atoms with E-state index in [1.165, 1.54) is 24.1 Å². The third-order valence-electron chi connectivity index (χ3n) is 6.09. The van der Waals surface area contributed by atoms with Gasteiger partial charge in [0.15, 0.2) is 0 Å². The Morgan fingerprint density at radius 1 is 1.03 bits per heavy atom. The first-order valence-corrected chi connectivity index (χ1v) is 10.7. The lowest BCUT2D eigenvalue weighted by Crippen LogP contribution is -2.50. The lowest BCUT2D eigenvalue weighted by molar-refractivity contribution is 0.129. The van der Waals surface area contributed by atoms with Crippen LogP contribution in [0.3, 0.4) is 0 Å². The van der Waals surface area contributed by atoms with Gasteiger partial charge in [-0.15, -0.1) is 0 Å². The zero-order valence-corrected chi connectivity index (χ0v) is 17.8. The Labute approximate surface area is 174 Å². The maximum Gasteiger partial charge on any atom is 0.321 e. The number of carbonyl (C=O) groups excluding carboxylic acids is 1. The SMILES string of the molecule is CC(C)(C)CCN1CC(c2ccc(NC(=O)N3CC(c4cccnc4)C3)cc2)C1. The van der Waals surface area contributed by atoms with Crippen molar-refractivity contribution in [3.63, 3.8) is 0 Å². The number of pyridine rings is 1. The first-order chi connectivity index (χ1) is 13.9. The molecular formula is C24H32N4O. The number of urea groups is 1. The van der Waals surface area contributed by atoms with Crippen molar-refractivity contribution in [3.8, 4) is 0 Å². The monoisotopic (exact) mass is 392 g/mol. The van der Waals surface area contributed by atoms with Gasteiger partial charge < -0.3 is 15.1 Å². The highest BCUT2D eigenvalue weighted by molar-refractivity contribution is 5.90. The molecule has 0 bridgehead atoms. The van der Waals surface area contributed by atoms with Crippen molar-refractivity contribution in [1.29, 1.82) is 0 Å². The van der Waals surface area contributed by atoms with Gasteiger partial charge in [-0.1, -0.05) is 39.0 Å². The Hall–Kier alpha value is -2.40. The van der Waals surface area contributed by atoms with E-state index in [1.54, 1.807) is 6.20 Å². The molecule has 29 heavy (non-hydrogen) atoms. The van der Waals surface area contributed by atoms with Crippen LogP contribution in [0.1, 0.15) is 50.2 Å². The summed E-state index contributed by atoms with van der Waals surface area (Å²) in [6.45, 7) is 11.9. The molecule has 1 aromatic heterocycles. The molecule has 0 radical (unpaired) electrons. The van der Waals surface area contributed by atoms with Gasteiger partial charge in [-0.3, -0.25) is 4.98 Å². The number of rotatable bonds is 5. The number of aromatic nitrogens is 1. The van der Waals surface area contributed by atoms with Gasteiger partial charge in [0.05, 0.1) is 0 Å². The summed E-state index contributed by atoms with van der Waals surface area (Å²) in [4.78, 5) is 21.0. The number of amides is 2. The molecule has 154 valence electrons. The number of hydrogen-bond acceptors (Lipinski definition) is 3. The van der Waals surface area contributed by atoms with E-state index in [2.05, 4.69) is 54.2 Å². The summed E-state index contributed by atoms with van der Waals surface area (Å²) < 4.78 is 0. The Kier molecular flexibility index (Phi) is 5.59. The molecule has 0 atom stereocenters. The number of likely N-dealkylation sites (tertiary alicyclic amines) is 2. The van der Waals surface area contributed by atoms with E-state index in [0.717, 1.165) is 31.9 Å². The number of hydrogen-bond donors (Lipinski definition) is 1. The second-order valence-electron chi connectivity index (χ2n) is 9.71. The lowest BCUT2D eigenvalue weighted by atomic mass is 9.88. The second kappa shape index (κ2) is 8.15. The molecular weight excluding hydrogens is 360 g/mol. The minimum atomic E-state index is -0.0186. The van der Waals surface area contributed by atoms with E-state index in [9.17, 15) is 4.79 Å². The van der Waals surface area contributed by atoms with Crippen LogP contribution in [-0.2, 0) is 0 Å². The van der Waals surface area contributed by atoms with Gasteiger partial charge in [0, 0.05) is 56.1 Å². The number of carbonyl (C=O) groups is 1. The average molecular weight is 393 g/mol. The zero-order chi connectivity index (χ0) is 20.4. The van der Waals surface area contributed by atoms with Crippen LogP contribution in [0.4, 0.5) is 10.5 Å². The van der Waals surface area contributed by atoms with Gasteiger partial charge in [0.1, 0.15) is 0 Å². The van der Waals surface area contributed by atoms with Gasteiger partial charge in [-0.25, -0.2) is 4.79 Å². The highest BCUT2D eigenvalue weighted by atomic mass is 16.2. The molecule has 0 saturated carbocycles. The van der Waals surface area contributed by atoms with Crippen LogP contribution >= 0.6 is 0 Å². The number of benzene rings is 1. The average Bonchev–Trinajstić information content (AvgIpc) is 2.60. The molecule has 4 rings (SSSR count). The molecule has 2 fully saturated rings. The van der Waals surface area contributed by atoms with Crippen molar-refractivity contribution in [1.82, 2.24) is 14.8 Å². The highest BCUT2D eigenvalue weighted by Gasteiger charge is 2.32. The van der Waals surface area contributed by atoms with Crippen LogP contribution in [0, 0.1) is 5.41 Å². The van der Waals surface area contributed by atoms with Crippen molar-refractivity contribution in [2.45, 2.75) is 39.0 Å². The van der Waals surface area contributed by atoms with Gasteiger partial charge in [-0.2, -0.15) is 0 Å². The zero-order valence-electron chi connectivity index (χ0n) is 17.8. The maximum absolute atomic E-state index is 12.4. The molecule has 2 aromatic rings. The molecule has 5 nitrogen and oxygen atoms in total. The highest BCUT2D eigenvalue weighted by Crippen LogP contribution is 2.30. The third-order valence-corrected chi connectivity index (χ3v) is 6.09. The minimum absolute atomic E-state index is 0.0186. The Bertz CT molecular complexity index is 816. The molecule has 0 unspecified atom stereocenters. The van der Waals surface area contributed by atoms with Gasteiger partial charge in [-0.05, 0) is 47.7 Å². The lowest BCUT2D eigenvalue weighted by Gasteiger charge is -2.41. The minimum Gasteiger partial charge on any atom is -0.323 e. The quantitative estimate of drug-likeness (QED) is 0.812. The number of nitrogens with zero attached hydrogens (tertiary/aromatic N) is 3. The van der Waals surface area contributed by atoms with Gasteiger partial charge in [0.2, 0.25) is 0 Å². The van der Waals surface area contributed by atoms with E-state index in [4.69, 9.17) is 0 Å². The van der Waals surface area contributed by atoms with Crippen molar-refractivity contribution in [3.05, 3.63) is 59.9 Å². The summed E-state index contributed by atoms with van der Waals surface area (Å²) in [6.07, 6.45) is 4.91. The van der Waals surface area contributed by atoms with Crippen LogP contribution in [0.5, 0.6) is 0 Å². The fraction of sp³-hybridized carbons (Fsp3) is 0.500. The molecule has 2 aliphatic rings. The summed E-state index contributed by atoms with van der Waals surface area (Å²) in [5.41, 5.74) is 3.85. The Morgan fingerprint density at radius 2 is 1.72 bits per heavy atom. The van der Waals surface area contributed by atoms with E-state index >= 15 is 0 Å². The van der Waals surface area contributed by atoms with E-state index in [1.807, 2.05) is 29.3 Å². The number of anilines is 1. The second-order valence-corrected chi connectivity index (χ2v) is 9.71. The molecule has 2 saturated heterocycles. The third kappa shape index (κ3) is 4.96. The topological polar surface area (TPSA) is 48.5 Å². The van der Waals surface area contributed by atoms with E-state index in [0.29, 0.717) is 17.3 Å². The van der Waals surface area contributed by atoms with Crippen LogP contribution in [-0.4, -0.2) is 53.5 Å². The maximum atomic E-state index is 12.4. The summed E-state index contributed by atoms with van der Waals surface area (Å²) in [7, 11) is 0. The predicted octanol–water partition coefficient (Wildman–Crippen LogP) is 4.55. The smallest absolute Gasteiger partial charge is 0.321 e. The standard InChI is InChI=1S/C24H32N4O/c1-24(2,3)10-12-27-14-20(15-27)18-6-8-22(9-7-18)26-23(29)28-16-21(17-28)19-5-4-11-25-13-19/h4-9,11,13,20-21H,10,12,14-17H2,1-3H3,(H,26,29). The van der Waals surface area contributed by atoms with Crippen molar-refractivity contribution < 1.29 is 4.79 Å². The summed E-state index contributed by atoms with van der Waals surface area (Å²) in [5, 5.41) is 3.02. The van der Waals surface area contributed by atoms with E-state index < -0.39 is 0 Å². The molecule has 2 aliphatic heterocycles. The van der Waals surface area contributed by atoms with Crippen LogP contribution in [0.15, 0.2) is 48.8 Å². The number of nitrogens with one attached hydrogen (secondary N) is 1. The van der Waals surface area contributed by atoms with Crippen molar-refractivity contribution in [2.75, 3.05) is 38.0 Å². The molecule has 0 spiro atoms. The van der Waals surface area contributed by atoms with Crippen molar-refractivity contribution in [2.24, 2.45) is 5.41 Å². The Balaban J connectivity index is 1.21. The van der Waals surface area contributed by atoms with Gasteiger partial charge in [0.25, 0.3) is 0 Å². The molecule has 2 amide bonds. The fourth-order valence-electron chi connectivity index (χ4n) is 3.97. The van der Waals surface area contributed by atoms with Crippen LogP contribution in [0.25, 0.3) is 0 Å². The van der Waals surface area contributed by atoms with Crippen molar-refractivity contribution >= 4 is 11.7 Å². The Morgan fingerprint density at radius 3 is 2.34 bits per heavy atom. The van der Waals surface area contributed by atoms with Gasteiger partial charge >= 0.3 is 6.03 Å². The summed E-state index contributed by atoms with van der Waals surface area (Å²) in [6, 6.07) is 12.4. The molecule has 0 aliphatic carbocycles. The molecule has 1 aromatic carbocycles. The predicted molar refractivity (Wildman–Crippen MR) is 117 cm³/mol. The van der Waals surface area contributed by atoms with Crippen LogP contribution < -0.4 is 5.32 Å². The molecule has 5 heteroatoms. The first kappa shape index (κ1) is 19.9. The summed E-state index contributed by atoms with van der Waals surface area (Å²) in [5.74, 6) is 1.02.